The lowest BCUT2D eigenvalue weighted by Gasteiger charge is -2.22. The van der Waals surface area contributed by atoms with Gasteiger partial charge >= 0.3 is 11.9 Å². The van der Waals surface area contributed by atoms with Crippen LogP contribution in [0.1, 0.15) is 12.0 Å². The molecule has 1 unspecified atom stereocenters. The van der Waals surface area contributed by atoms with Crippen molar-refractivity contribution in [3.8, 4) is 0 Å². The van der Waals surface area contributed by atoms with E-state index in [4.69, 9.17) is 4.43 Å². The first-order chi connectivity index (χ1) is 7.69. The molecule has 0 aromatic heterocycles. The Balaban J connectivity index is 2.44. The van der Waals surface area contributed by atoms with Crippen LogP contribution in [-0.2, 0) is 23.8 Å². The predicted molar refractivity (Wildman–Crippen MR) is 59.4 cm³/mol. The number of carbonyl (C=O) groups is 2. The van der Waals surface area contributed by atoms with Crippen LogP contribution in [0.25, 0.3) is 0 Å². The van der Waals surface area contributed by atoms with Gasteiger partial charge in [-0.05, 0) is 5.56 Å². The monoisotopic (exact) mass is 236 g/mol. The predicted octanol–water partition coefficient (Wildman–Crippen LogP) is 0.0856. The topological polar surface area (TPSA) is 52.6 Å². The standard InChI is InChI=1S/C11H12O4Si/c1-14-16-11(7-9(12)15-10(11)13)8-5-3-2-4-6-8/h2-6H,7,16H2,1H3. The number of rotatable bonds is 3. The SMILES string of the molecule is CO[SiH2]C1(c2ccccc2)CC(=O)OC1=O. The van der Waals surface area contributed by atoms with Gasteiger partial charge in [0.05, 0.1) is 6.42 Å². The molecule has 1 heterocycles. The van der Waals surface area contributed by atoms with E-state index in [1.54, 1.807) is 7.11 Å². The fourth-order valence-electron chi connectivity index (χ4n) is 1.97. The van der Waals surface area contributed by atoms with Crippen LogP contribution in [0.5, 0.6) is 0 Å². The molecular formula is C11H12O4Si. The van der Waals surface area contributed by atoms with Gasteiger partial charge < -0.3 is 9.16 Å². The van der Waals surface area contributed by atoms with Crippen LogP contribution in [0.3, 0.4) is 0 Å². The second kappa shape index (κ2) is 4.19. The summed E-state index contributed by atoms with van der Waals surface area (Å²) in [6.07, 6.45) is 0.107. The summed E-state index contributed by atoms with van der Waals surface area (Å²) in [5, 5.41) is -0.826. The lowest BCUT2D eigenvalue weighted by Crippen LogP contribution is -2.39. The van der Waals surface area contributed by atoms with Crippen molar-refractivity contribution in [1.82, 2.24) is 0 Å². The van der Waals surface area contributed by atoms with Crippen LogP contribution in [-0.4, -0.2) is 28.8 Å². The summed E-state index contributed by atoms with van der Waals surface area (Å²) in [5.41, 5.74) is 0.819. The van der Waals surface area contributed by atoms with Crippen molar-refractivity contribution in [1.29, 1.82) is 0 Å². The van der Waals surface area contributed by atoms with Crippen molar-refractivity contribution in [3.63, 3.8) is 0 Å². The summed E-state index contributed by atoms with van der Waals surface area (Å²) in [4.78, 5) is 23.0. The number of hydrogen-bond donors (Lipinski definition) is 0. The number of benzene rings is 1. The van der Waals surface area contributed by atoms with Crippen molar-refractivity contribution in [2.24, 2.45) is 0 Å². The number of hydrogen-bond acceptors (Lipinski definition) is 4. The van der Waals surface area contributed by atoms with Crippen LogP contribution >= 0.6 is 0 Å². The molecule has 1 saturated heterocycles. The van der Waals surface area contributed by atoms with E-state index in [-0.39, 0.29) is 6.42 Å². The Morgan fingerprint density at radius 1 is 1.31 bits per heavy atom. The van der Waals surface area contributed by atoms with Gasteiger partial charge in [0.2, 0.25) is 0 Å². The van der Waals surface area contributed by atoms with E-state index < -0.39 is 26.7 Å². The maximum absolute atomic E-state index is 11.8. The van der Waals surface area contributed by atoms with Gasteiger partial charge in [0.15, 0.2) is 9.76 Å². The van der Waals surface area contributed by atoms with Gasteiger partial charge in [0.25, 0.3) is 0 Å². The van der Waals surface area contributed by atoms with E-state index in [1.807, 2.05) is 30.3 Å². The largest absolute Gasteiger partial charge is 0.426 e. The molecule has 1 aliphatic rings. The van der Waals surface area contributed by atoms with Gasteiger partial charge in [-0.25, -0.2) is 0 Å². The number of carbonyl (C=O) groups excluding carboxylic acids is 2. The molecule has 0 amide bonds. The smallest absolute Gasteiger partial charge is 0.323 e. The fourth-order valence-corrected chi connectivity index (χ4v) is 3.36. The third-order valence-electron chi connectivity index (χ3n) is 2.76. The Kier molecular flexibility index (Phi) is 2.89. The summed E-state index contributed by atoms with van der Waals surface area (Å²) in [5.74, 6) is -0.921. The molecule has 2 rings (SSSR count). The van der Waals surface area contributed by atoms with Gasteiger partial charge in [-0.2, -0.15) is 0 Å². The minimum atomic E-state index is -1.18. The molecule has 1 aromatic carbocycles. The normalized spacial score (nSPS) is 25.3. The van der Waals surface area contributed by atoms with Gasteiger partial charge in [-0.3, -0.25) is 9.59 Å². The van der Waals surface area contributed by atoms with Gasteiger partial charge in [0, 0.05) is 7.11 Å². The molecule has 0 aliphatic carbocycles. The molecule has 0 radical (unpaired) electrons. The quantitative estimate of drug-likeness (QED) is 0.424. The summed E-state index contributed by atoms with van der Waals surface area (Å²) >= 11 is 0. The first-order valence-electron chi connectivity index (χ1n) is 4.98. The van der Waals surface area contributed by atoms with E-state index in [2.05, 4.69) is 4.74 Å². The molecule has 0 saturated carbocycles. The fraction of sp³-hybridized carbons (Fsp3) is 0.273. The average molecular weight is 236 g/mol. The molecule has 0 spiro atoms. The molecule has 1 aliphatic heterocycles. The van der Waals surface area contributed by atoms with E-state index in [1.165, 1.54) is 0 Å². The van der Waals surface area contributed by atoms with Gasteiger partial charge in [-0.15, -0.1) is 0 Å². The van der Waals surface area contributed by atoms with Crippen molar-refractivity contribution < 1.29 is 18.8 Å². The van der Waals surface area contributed by atoms with E-state index in [0.29, 0.717) is 0 Å². The first kappa shape index (κ1) is 11.0. The zero-order valence-electron chi connectivity index (χ0n) is 8.93. The van der Waals surface area contributed by atoms with E-state index in [0.717, 1.165) is 5.56 Å². The van der Waals surface area contributed by atoms with Crippen LogP contribution in [0.15, 0.2) is 30.3 Å². The van der Waals surface area contributed by atoms with Crippen molar-refractivity contribution >= 4 is 21.7 Å². The molecule has 4 nitrogen and oxygen atoms in total. The van der Waals surface area contributed by atoms with Crippen LogP contribution in [0, 0.1) is 0 Å². The summed E-state index contributed by atoms with van der Waals surface area (Å²) < 4.78 is 9.85. The molecule has 1 fully saturated rings. The summed E-state index contributed by atoms with van der Waals surface area (Å²) in [7, 11) is 0.381. The Bertz CT molecular complexity index is 417. The highest BCUT2D eigenvalue weighted by Gasteiger charge is 2.51. The van der Waals surface area contributed by atoms with Crippen LogP contribution in [0.2, 0.25) is 0 Å². The Hall–Kier alpha value is -1.46. The maximum atomic E-state index is 11.8. The average Bonchev–Trinajstić information content (AvgIpc) is 2.57. The molecular weight excluding hydrogens is 224 g/mol. The maximum Gasteiger partial charge on any atom is 0.323 e. The Morgan fingerprint density at radius 3 is 2.50 bits per heavy atom. The third-order valence-corrected chi connectivity index (χ3v) is 4.49. The van der Waals surface area contributed by atoms with Crippen molar-refractivity contribution in [2.45, 2.75) is 11.5 Å². The highest BCUT2D eigenvalue weighted by Crippen LogP contribution is 2.34. The van der Waals surface area contributed by atoms with Crippen LogP contribution < -0.4 is 0 Å². The Morgan fingerprint density at radius 2 is 2.00 bits per heavy atom. The highest BCUT2D eigenvalue weighted by molar-refractivity contribution is 6.43. The van der Waals surface area contributed by atoms with E-state index >= 15 is 0 Å². The lowest BCUT2D eigenvalue weighted by atomic mass is 9.96. The lowest BCUT2D eigenvalue weighted by molar-refractivity contribution is -0.152. The number of ether oxygens (including phenoxy) is 1. The second-order valence-electron chi connectivity index (χ2n) is 3.82. The second-order valence-corrected chi connectivity index (χ2v) is 5.89. The molecule has 1 aromatic rings. The minimum Gasteiger partial charge on any atom is -0.426 e. The number of esters is 2. The van der Waals surface area contributed by atoms with Gasteiger partial charge in [0.1, 0.15) is 5.04 Å². The molecule has 5 heteroatoms. The number of cyclic esters (lactones) is 2. The molecule has 0 bridgehead atoms. The molecule has 16 heavy (non-hydrogen) atoms. The summed E-state index contributed by atoms with van der Waals surface area (Å²) in [6, 6.07) is 9.24. The highest BCUT2D eigenvalue weighted by atomic mass is 28.2. The summed E-state index contributed by atoms with van der Waals surface area (Å²) in [6.45, 7) is 0. The van der Waals surface area contributed by atoms with E-state index in [9.17, 15) is 9.59 Å². The van der Waals surface area contributed by atoms with Crippen LogP contribution in [0.4, 0.5) is 0 Å². The van der Waals surface area contributed by atoms with Gasteiger partial charge in [-0.1, -0.05) is 30.3 Å². The Labute approximate surface area is 95.5 Å². The van der Waals surface area contributed by atoms with Crippen molar-refractivity contribution in [3.05, 3.63) is 35.9 Å². The first-order valence-corrected chi connectivity index (χ1v) is 6.27. The van der Waals surface area contributed by atoms with Crippen molar-refractivity contribution in [2.75, 3.05) is 7.11 Å². The third kappa shape index (κ3) is 1.68. The molecule has 0 N–H and O–H groups in total. The zero-order chi connectivity index (χ0) is 11.6. The molecule has 84 valence electrons. The zero-order valence-corrected chi connectivity index (χ0v) is 10.3. The minimum absolute atomic E-state index is 0.107. The molecule has 1 atom stereocenters.